The zero-order chi connectivity index (χ0) is 26.0. The number of aromatic nitrogens is 1. The average molecular weight is 502 g/mol. The predicted molar refractivity (Wildman–Crippen MR) is 146 cm³/mol. The summed E-state index contributed by atoms with van der Waals surface area (Å²) in [5.74, 6) is 1.29. The number of H-pyrrole nitrogens is 1. The normalized spacial score (nSPS) is 12.0. The third kappa shape index (κ3) is 7.35. The number of aliphatic hydroxyl groups excluding tert-OH is 1. The Balaban J connectivity index is 1.44. The van der Waals surface area contributed by atoms with E-state index in [-0.39, 0.29) is 25.2 Å². The maximum atomic E-state index is 12.9. The van der Waals surface area contributed by atoms with E-state index in [1.165, 1.54) is 0 Å². The van der Waals surface area contributed by atoms with Gasteiger partial charge in [0.25, 0.3) is 5.91 Å². The van der Waals surface area contributed by atoms with Crippen LogP contribution in [-0.2, 0) is 24.2 Å². The molecule has 194 valence electrons. The molecule has 0 fully saturated rings. The van der Waals surface area contributed by atoms with Crippen molar-refractivity contribution < 1.29 is 19.4 Å². The minimum atomic E-state index is -0.178. The van der Waals surface area contributed by atoms with Crippen molar-refractivity contribution in [3.05, 3.63) is 95.7 Å². The van der Waals surface area contributed by atoms with Crippen molar-refractivity contribution in [2.75, 3.05) is 33.9 Å². The Morgan fingerprint density at radius 1 is 1.05 bits per heavy atom. The fourth-order valence-electron chi connectivity index (χ4n) is 4.63. The molecule has 0 saturated heterocycles. The standard InChI is InChI=1S/C30H35N3O4/c1-33(19-23-9-3-6-13-29(23)36-2)20-25(17-24-18-31-28-12-5-4-11-27(24)28)32-30(35)21-37-26-10-7-8-22(16-26)14-15-34/h3-13,16,18,25,31,34H,14-15,17,19-21H2,1-2H3,(H,32,35). The SMILES string of the molecule is COc1ccccc1CN(C)CC(Cc1c[nH]c2ccccc12)NC(=O)COc1cccc(CCO)c1. The second kappa shape index (κ2) is 12.9. The Hall–Kier alpha value is -3.81. The summed E-state index contributed by atoms with van der Waals surface area (Å²) in [6, 6.07) is 23.5. The zero-order valence-electron chi connectivity index (χ0n) is 21.4. The molecule has 3 N–H and O–H groups in total. The number of para-hydroxylation sites is 2. The van der Waals surface area contributed by atoms with Crippen LogP contribution in [0.25, 0.3) is 10.9 Å². The summed E-state index contributed by atoms with van der Waals surface area (Å²) < 4.78 is 11.3. The molecule has 0 spiro atoms. The number of fused-ring (bicyclic) bond motifs is 1. The van der Waals surface area contributed by atoms with Crippen LogP contribution in [0.4, 0.5) is 0 Å². The molecule has 0 bridgehead atoms. The van der Waals surface area contributed by atoms with Crippen LogP contribution in [0.15, 0.2) is 79.0 Å². The smallest absolute Gasteiger partial charge is 0.258 e. The van der Waals surface area contributed by atoms with Crippen LogP contribution >= 0.6 is 0 Å². The number of carbonyl (C=O) groups is 1. The number of hydrogen-bond donors (Lipinski definition) is 3. The summed E-state index contributed by atoms with van der Waals surface area (Å²) in [7, 11) is 3.72. The highest BCUT2D eigenvalue weighted by molar-refractivity contribution is 5.83. The Morgan fingerprint density at radius 3 is 2.70 bits per heavy atom. The van der Waals surface area contributed by atoms with Crippen LogP contribution in [-0.4, -0.2) is 60.9 Å². The lowest BCUT2D eigenvalue weighted by Gasteiger charge is -2.26. The van der Waals surface area contributed by atoms with Gasteiger partial charge < -0.3 is 24.9 Å². The van der Waals surface area contributed by atoms with Crippen molar-refractivity contribution >= 4 is 16.8 Å². The van der Waals surface area contributed by atoms with Gasteiger partial charge in [0.2, 0.25) is 0 Å². The lowest BCUT2D eigenvalue weighted by molar-refractivity contribution is -0.123. The van der Waals surface area contributed by atoms with Gasteiger partial charge in [-0.05, 0) is 55.3 Å². The van der Waals surface area contributed by atoms with E-state index < -0.39 is 0 Å². The van der Waals surface area contributed by atoms with Gasteiger partial charge in [-0.1, -0.05) is 48.5 Å². The molecule has 7 heteroatoms. The second-order valence-electron chi connectivity index (χ2n) is 9.25. The largest absolute Gasteiger partial charge is 0.496 e. The van der Waals surface area contributed by atoms with Crippen molar-refractivity contribution in [1.29, 1.82) is 0 Å². The minimum Gasteiger partial charge on any atom is -0.496 e. The highest BCUT2D eigenvalue weighted by Gasteiger charge is 2.19. The lowest BCUT2D eigenvalue weighted by atomic mass is 10.0. The van der Waals surface area contributed by atoms with E-state index in [1.54, 1.807) is 7.11 Å². The summed E-state index contributed by atoms with van der Waals surface area (Å²) in [4.78, 5) is 18.5. The van der Waals surface area contributed by atoms with Crippen molar-refractivity contribution in [3.63, 3.8) is 0 Å². The summed E-state index contributed by atoms with van der Waals surface area (Å²) in [5.41, 5.74) is 4.30. The Morgan fingerprint density at radius 2 is 1.86 bits per heavy atom. The third-order valence-corrected chi connectivity index (χ3v) is 6.34. The predicted octanol–water partition coefficient (Wildman–Crippen LogP) is 3.95. The molecule has 1 unspecified atom stereocenters. The van der Waals surface area contributed by atoms with Gasteiger partial charge in [-0.25, -0.2) is 0 Å². The Kier molecular flexibility index (Phi) is 9.18. The molecule has 0 aliphatic carbocycles. The van der Waals surface area contributed by atoms with Crippen molar-refractivity contribution in [2.24, 2.45) is 0 Å². The van der Waals surface area contributed by atoms with Gasteiger partial charge in [0.15, 0.2) is 6.61 Å². The first-order valence-corrected chi connectivity index (χ1v) is 12.5. The number of amides is 1. The van der Waals surface area contributed by atoms with Crippen LogP contribution < -0.4 is 14.8 Å². The summed E-state index contributed by atoms with van der Waals surface area (Å²) >= 11 is 0. The highest BCUT2D eigenvalue weighted by Crippen LogP contribution is 2.21. The van der Waals surface area contributed by atoms with Crippen LogP contribution in [0, 0.1) is 0 Å². The number of methoxy groups -OCH3 is 1. The molecule has 0 saturated carbocycles. The van der Waals surface area contributed by atoms with E-state index in [0.717, 1.165) is 33.3 Å². The second-order valence-corrected chi connectivity index (χ2v) is 9.25. The number of likely N-dealkylation sites (N-methyl/N-ethyl adjacent to an activating group) is 1. The Labute approximate surface area is 218 Å². The molecular weight excluding hydrogens is 466 g/mol. The van der Waals surface area contributed by atoms with Gasteiger partial charge in [0.1, 0.15) is 11.5 Å². The molecule has 0 radical (unpaired) electrons. The third-order valence-electron chi connectivity index (χ3n) is 6.34. The Bertz CT molecular complexity index is 1300. The molecular formula is C30H35N3O4. The van der Waals surface area contributed by atoms with Gasteiger partial charge in [0.05, 0.1) is 7.11 Å². The molecule has 4 aromatic rings. The first-order chi connectivity index (χ1) is 18.1. The number of hydrogen-bond acceptors (Lipinski definition) is 5. The molecule has 7 nitrogen and oxygen atoms in total. The van der Waals surface area contributed by atoms with Gasteiger partial charge in [-0.2, -0.15) is 0 Å². The van der Waals surface area contributed by atoms with Crippen molar-refractivity contribution in [3.8, 4) is 11.5 Å². The van der Waals surface area contributed by atoms with Crippen LogP contribution in [0.3, 0.4) is 0 Å². The summed E-state index contributed by atoms with van der Waals surface area (Å²) in [6.07, 6.45) is 3.25. The van der Waals surface area contributed by atoms with Gasteiger partial charge in [0, 0.05) is 48.4 Å². The maximum Gasteiger partial charge on any atom is 0.258 e. The maximum absolute atomic E-state index is 12.9. The molecule has 1 aromatic heterocycles. The van der Waals surface area contributed by atoms with E-state index >= 15 is 0 Å². The monoisotopic (exact) mass is 501 g/mol. The number of nitrogens with one attached hydrogen (secondary N) is 2. The fraction of sp³-hybridized carbons (Fsp3) is 0.300. The van der Waals surface area contributed by atoms with Gasteiger partial charge in [-0.15, -0.1) is 0 Å². The first kappa shape index (κ1) is 26.3. The van der Waals surface area contributed by atoms with E-state index in [9.17, 15) is 9.90 Å². The molecule has 0 aliphatic rings. The molecule has 4 rings (SSSR count). The molecule has 1 amide bonds. The van der Waals surface area contributed by atoms with E-state index in [4.69, 9.17) is 9.47 Å². The zero-order valence-corrected chi connectivity index (χ0v) is 21.4. The molecule has 1 heterocycles. The highest BCUT2D eigenvalue weighted by atomic mass is 16.5. The number of nitrogens with zero attached hydrogens (tertiary/aromatic N) is 1. The summed E-state index contributed by atoms with van der Waals surface area (Å²) in [5, 5.41) is 13.5. The minimum absolute atomic E-state index is 0.0713. The van der Waals surface area contributed by atoms with Crippen molar-refractivity contribution in [2.45, 2.75) is 25.4 Å². The number of aromatic amines is 1. The summed E-state index contributed by atoms with van der Waals surface area (Å²) in [6.45, 7) is 1.33. The van der Waals surface area contributed by atoms with E-state index in [0.29, 0.717) is 31.7 Å². The van der Waals surface area contributed by atoms with Gasteiger partial charge >= 0.3 is 0 Å². The number of carbonyl (C=O) groups excluding carboxylic acids is 1. The average Bonchev–Trinajstić information content (AvgIpc) is 3.31. The number of aliphatic hydroxyl groups is 1. The van der Waals surface area contributed by atoms with Gasteiger partial charge in [-0.3, -0.25) is 9.69 Å². The number of ether oxygens (including phenoxy) is 2. The lowest BCUT2D eigenvalue weighted by Crippen LogP contribution is -2.45. The van der Waals surface area contributed by atoms with Crippen LogP contribution in [0.1, 0.15) is 16.7 Å². The van der Waals surface area contributed by atoms with Crippen LogP contribution in [0.2, 0.25) is 0 Å². The number of benzene rings is 3. The topological polar surface area (TPSA) is 86.8 Å². The molecule has 37 heavy (non-hydrogen) atoms. The van der Waals surface area contributed by atoms with E-state index in [1.807, 2.05) is 67.8 Å². The fourth-order valence-corrected chi connectivity index (χ4v) is 4.63. The number of rotatable bonds is 13. The molecule has 1 atom stereocenters. The van der Waals surface area contributed by atoms with E-state index in [2.05, 4.69) is 33.4 Å². The molecule has 3 aromatic carbocycles. The first-order valence-electron chi connectivity index (χ1n) is 12.5. The molecule has 0 aliphatic heterocycles. The van der Waals surface area contributed by atoms with Crippen molar-refractivity contribution in [1.82, 2.24) is 15.2 Å². The van der Waals surface area contributed by atoms with Crippen LogP contribution in [0.5, 0.6) is 11.5 Å². The quantitative estimate of drug-likeness (QED) is 0.258.